The Kier molecular flexibility index (Phi) is 8.07. The Labute approximate surface area is 155 Å². The van der Waals surface area contributed by atoms with Gasteiger partial charge in [0, 0.05) is 0 Å². The van der Waals surface area contributed by atoms with Crippen LogP contribution in [0.25, 0.3) is 0 Å². The lowest BCUT2D eigenvalue weighted by Gasteiger charge is -2.28. The summed E-state index contributed by atoms with van der Waals surface area (Å²) in [5.41, 5.74) is -0.327. The number of carbonyl (C=O) groups excluding carboxylic acids is 2. The van der Waals surface area contributed by atoms with Crippen molar-refractivity contribution in [1.29, 1.82) is 5.26 Å². The van der Waals surface area contributed by atoms with Gasteiger partial charge in [-0.15, -0.1) is 0 Å². The highest BCUT2D eigenvalue weighted by atomic mass is 16.5. The Morgan fingerprint density at radius 3 is 2.42 bits per heavy atom. The maximum absolute atomic E-state index is 12.3. The first-order valence-electron chi connectivity index (χ1n) is 8.74. The molecule has 2 amide bonds. The summed E-state index contributed by atoms with van der Waals surface area (Å²) in [5, 5.41) is 14.9. The minimum absolute atomic E-state index is 0.0182. The Balaban J connectivity index is 2.65. The van der Waals surface area contributed by atoms with E-state index >= 15 is 0 Å². The summed E-state index contributed by atoms with van der Waals surface area (Å²) < 4.78 is 5.22. The predicted octanol–water partition coefficient (Wildman–Crippen LogP) is 0.593. The maximum Gasteiger partial charge on any atom is 0.279 e. The fourth-order valence-corrected chi connectivity index (χ4v) is 2.34. The Morgan fingerprint density at radius 2 is 1.88 bits per heavy atom. The molecule has 3 N–H and O–H groups in total. The molecule has 0 bridgehead atoms. The molecule has 2 atom stereocenters. The summed E-state index contributed by atoms with van der Waals surface area (Å²) in [7, 11) is 1.54. The molecule has 0 saturated heterocycles. The number of anilines is 1. The van der Waals surface area contributed by atoms with Crippen molar-refractivity contribution < 1.29 is 19.2 Å². The number of nitrogens with one attached hydrogen (secondary N) is 3. The molecule has 0 aliphatic carbocycles. The average Bonchev–Trinajstić information content (AvgIpc) is 2.61. The van der Waals surface area contributed by atoms with E-state index in [4.69, 9.17) is 4.74 Å². The Bertz CT molecular complexity index is 669. The van der Waals surface area contributed by atoms with E-state index in [2.05, 4.69) is 16.7 Å². The highest BCUT2D eigenvalue weighted by molar-refractivity contribution is 5.93. The third kappa shape index (κ3) is 6.05. The van der Waals surface area contributed by atoms with Gasteiger partial charge in [-0.25, -0.2) is 0 Å². The number of nitriles is 1. The fourth-order valence-electron chi connectivity index (χ4n) is 2.34. The number of ether oxygens (including phenoxy) is 1. The predicted molar refractivity (Wildman–Crippen MR) is 99.9 cm³/mol. The number of para-hydroxylation sites is 2. The molecule has 0 saturated carbocycles. The SMILES string of the molecule is CC[NH+](CC(=O)Nc1ccccc1OC)CC(=O)N[C@@](C)(C#N)C(C)C. The molecule has 0 fully saturated rings. The second-order valence-corrected chi connectivity index (χ2v) is 6.72. The molecule has 1 rings (SSSR count). The molecule has 26 heavy (non-hydrogen) atoms. The van der Waals surface area contributed by atoms with Crippen molar-refractivity contribution in [1.82, 2.24) is 5.32 Å². The van der Waals surface area contributed by atoms with Crippen molar-refractivity contribution >= 4 is 17.5 Å². The van der Waals surface area contributed by atoms with Gasteiger partial charge < -0.3 is 20.3 Å². The van der Waals surface area contributed by atoms with Crippen LogP contribution in [0.15, 0.2) is 24.3 Å². The molecule has 1 unspecified atom stereocenters. The standard InChI is InChI=1S/C19H28N4O3/c1-6-23(12-18(25)22-19(4,13-20)14(2)3)11-17(24)21-15-9-7-8-10-16(15)26-5/h7-10,14H,6,11-12H2,1-5H3,(H,21,24)(H,22,25)/p+1/t19-/m0/s1. The molecular weight excluding hydrogens is 332 g/mol. The zero-order chi connectivity index (χ0) is 19.7. The number of quaternary nitrogens is 1. The van der Waals surface area contributed by atoms with Crippen LogP contribution in [0.2, 0.25) is 0 Å². The van der Waals surface area contributed by atoms with E-state index in [0.29, 0.717) is 18.0 Å². The lowest BCUT2D eigenvalue weighted by molar-refractivity contribution is -0.881. The van der Waals surface area contributed by atoms with Crippen molar-refractivity contribution in [3.05, 3.63) is 24.3 Å². The van der Waals surface area contributed by atoms with Crippen LogP contribution in [0, 0.1) is 17.2 Å². The molecule has 0 aliphatic heterocycles. The zero-order valence-electron chi connectivity index (χ0n) is 16.2. The van der Waals surface area contributed by atoms with E-state index in [9.17, 15) is 14.9 Å². The molecule has 7 nitrogen and oxygen atoms in total. The van der Waals surface area contributed by atoms with E-state index in [-0.39, 0.29) is 30.8 Å². The smallest absolute Gasteiger partial charge is 0.279 e. The highest BCUT2D eigenvalue weighted by Crippen LogP contribution is 2.22. The molecule has 0 aromatic heterocycles. The minimum Gasteiger partial charge on any atom is -0.495 e. The second kappa shape index (κ2) is 9.78. The van der Waals surface area contributed by atoms with Crippen LogP contribution in [0.4, 0.5) is 5.69 Å². The molecular formula is C19H29N4O3+. The highest BCUT2D eigenvalue weighted by Gasteiger charge is 2.31. The average molecular weight is 361 g/mol. The molecule has 142 valence electrons. The maximum atomic E-state index is 12.3. The van der Waals surface area contributed by atoms with Crippen LogP contribution in [0.3, 0.4) is 0 Å². The number of hydrogen-bond acceptors (Lipinski definition) is 4. The first-order valence-corrected chi connectivity index (χ1v) is 8.74. The quantitative estimate of drug-likeness (QED) is 0.600. The molecule has 7 heteroatoms. The van der Waals surface area contributed by atoms with Crippen molar-refractivity contribution in [2.24, 2.45) is 5.92 Å². The van der Waals surface area contributed by atoms with E-state index in [1.807, 2.05) is 32.9 Å². The van der Waals surface area contributed by atoms with Crippen molar-refractivity contribution in [2.45, 2.75) is 33.2 Å². The topological polar surface area (TPSA) is 95.7 Å². The Morgan fingerprint density at radius 1 is 1.27 bits per heavy atom. The normalized spacial score (nSPS) is 14.0. The summed E-state index contributed by atoms with van der Waals surface area (Å²) in [6.45, 7) is 8.26. The van der Waals surface area contributed by atoms with Crippen LogP contribution in [0.1, 0.15) is 27.7 Å². The molecule has 0 aliphatic rings. The van der Waals surface area contributed by atoms with E-state index in [0.717, 1.165) is 4.90 Å². The first kappa shape index (κ1) is 21.5. The van der Waals surface area contributed by atoms with Gasteiger partial charge in [0.15, 0.2) is 13.1 Å². The van der Waals surface area contributed by atoms with Gasteiger partial charge in [-0.05, 0) is 31.9 Å². The number of nitrogens with zero attached hydrogens (tertiary/aromatic N) is 1. The van der Waals surface area contributed by atoms with Gasteiger partial charge in [-0.1, -0.05) is 26.0 Å². The minimum atomic E-state index is -0.921. The number of likely N-dealkylation sites (N-methyl/N-ethyl adjacent to an activating group) is 1. The molecule has 0 radical (unpaired) electrons. The third-order valence-corrected chi connectivity index (χ3v) is 4.49. The van der Waals surface area contributed by atoms with Crippen molar-refractivity contribution in [2.75, 3.05) is 32.1 Å². The third-order valence-electron chi connectivity index (χ3n) is 4.49. The number of carbonyl (C=O) groups is 2. The summed E-state index contributed by atoms with van der Waals surface area (Å²) in [5.74, 6) is 0.115. The summed E-state index contributed by atoms with van der Waals surface area (Å²) >= 11 is 0. The van der Waals surface area contributed by atoms with Gasteiger partial charge in [-0.2, -0.15) is 5.26 Å². The van der Waals surface area contributed by atoms with Gasteiger partial charge in [0.05, 0.1) is 25.4 Å². The van der Waals surface area contributed by atoms with Crippen molar-refractivity contribution in [3.63, 3.8) is 0 Å². The van der Waals surface area contributed by atoms with Crippen LogP contribution in [0.5, 0.6) is 5.75 Å². The number of amides is 2. The number of methoxy groups -OCH3 is 1. The molecule has 1 aromatic rings. The monoisotopic (exact) mass is 361 g/mol. The fraction of sp³-hybridized carbons (Fsp3) is 0.526. The summed E-state index contributed by atoms with van der Waals surface area (Å²) in [6, 6.07) is 9.31. The largest absolute Gasteiger partial charge is 0.495 e. The zero-order valence-corrected chi connectivity index (χ0v) is 16.2. The second-order valence-electron chi connectivity index (χ2n) is 6.72. The first-order chi connectivity index (χ1) is 12.3. The van der Waals surface area contributed by atoms with Crippen molar-refractivity contribution in [3.8, 4) is 11.8 Å². The Hall–Kier alpha value is -2.59. The van der Waals surface area contributed by atoms with E-state index in [1.165, 1.54) is 0 Å². The van der Waals surface area contributed by atoms with Gasteiger partial charge in [0.25, 0.3) is 11.8 Å². The molecule has 1 aromatic carbocycles. The summed E-state index contributed by atoms with van der Waals surface area (Å²) in [6.07, 6.45) is 0. The van der Waals surface area contributed by atoms with Crippen LogP contribution >= 0.6 is 0 Å². The summed E-state index contributed by atoms with van der Waals surface area (Å²) in [4.78, 5) is 25.4. The lowest BCUT2D eigenvalue weighted by Crippen LogP contribution is -3.14. The lowest BCUT2D eigenvalue weighted by atomic mass is 9.90. The van der Waals surface area contributed by atoms with Gasteiger partial charge in [0.2, 0.25) is 0 Å². The number of hydrogen-bond donors (Lipinski definition) is 3. The van der Waals surface area contributed by atoms with Crippen LogP contribution in [-0.4, -0.2) is 44.1 Å². The molecule has 0 heterocycles. The number of benzene rings is 1. The van der Waals surface area contributed by atoms with Crippen LogP contribution in [-0.2, 0) is 9.59 Å². The van der Waals surface area contributed by atoms with Crippen LogP contribution < -0.4 is 20.3 Å². The van der Waals surface area contributed by atoms with E-state index in [1.54, 1.807) is 26.2 Å². The van der Waals surface area contributed by atoms with E-state index < -0.39 is 5.54 Å². The molecule has 0 spiro atoms. The number of rotatable bonds is 9. The van der Waals surface area contributed by atoms with Gasteiger partial charge in [-0.3, -0.25) is 9.59 Å². The van der Waals surface area contributed by atoms with Gasteiger partial charge >= 0.3 is 0 Å². The van der Waals surface area contributed by atoms with Gasteiger partial charge in [0.1, 0.15) is 11.3 Å².